The Balaban J connectivity index is 2.01. The lowest BCUT2D eigenvalue weighted by Crippen LogP contribution is -2.08. The zero-order valence-corrected chi connectivity index (χ0v) is 6.29. The second-order valence-corrected chi connectivity index (χ2v) is 4.20. The second kappa shape index (κ2) is 1.66. The number of allylic oxidation sites excluding steroid dienone is 2. The Morgan fingerprint density at radius 3 is 2.00 bits per heavy atom. The molecule has 0 nitrogen and oxygen atoms in total. The molecule has 2 saturated carbocycles. The molecule has 0 radical (unpaired) electrons. The topological polar surface area (TPSA) is 0 Å². The van der Waals surface area contributed by atoms with Gasteiger partial charge in [-0.2, -0.15) is 0 Å². The number of hydrogen-bond acceptors (Lipinski definition) is 0. The zero-order valence-electron chi connectivity index (χ0n) is 6.29. The Morgan fingerprint density at radius 2 is 1.40 bits per heavy atom. The molecule has 0 heterocycles. The van der Waals surface area contributed by atoms with Gasteiger partial charge in [-0.3, -0.25) is 0 Å². The maximum Gasteiger partial charge on any atom is -0.0197 e. The van der Waals surface area contributed by atoms with Gasteiger partial charge in [-0.15, -0.1) is 0 Å². The van der Waals surface area contributed by atoms with Crippen LogP contribution in [-0.2, 0) is 0 Å². The third-order valence-electron chi connectivity index (χ3n) is 3.88. The van der Waals surface area contributed by atoms with Crippen LogP contribution in [0.3, 0.4) is 0 Å². The van der Waals surface area contributed by atoms with Crippen molar-refractivity contribution in [3.8, 4) is 0 Å². The summed E-state index contributed by atoms with van der Waals surface area (Å²) >= 11 is 0. The average molecular weight is 134 g/mol. The van der Waals surface area contributed by atoms with E-state index in [1.165, 1.54) is 25.7 Å². The lowest BCUT2D eigenvalue weighted by atomic mass is 9.91. The zero-order chi connectivity index (χ0) is 6.55. The Kier molecular flexibility index (Phi) is 0.898. The minimum atomic E-state index is 1.01. The fourth-order valence-electron chi connectivity index (χ4n) is 3.48. The van der Waals surface area contributed by atoms with Gasteiger partial charge in [0.15, 0.2) is 0 Å². The molecule has 0 bridgehead atoms. The molecule has 10 heavy (non-hydrogen) atoms. The van der Waals surface area contributed by atoms with Gasteiger partial charge in [0.2, 0.25) is 0 Å². The molecule has 0 N–H and O–H groups in total. The first kappa shape index (κ1) is 5.40. The lowest BCUT2D eigenvalue weighted by molar-refractivity contribution is 0.376. The standard InChI is InChI=1S/C10H14/c1-2-8-5-6-9-4-3-7(1)10(8)9/h1-2,7-10H,3-6H2/t7-,8+,9?,10?. The van der Waals surface area contributed by atoms with E-state index >= 15 is 0 Å². The molecule has 0 aromatic heterocycles. The van der Waals surface area contributed by atoms with E-state index in [2.05, 4.69) is 12.2 Å². The predicted octanol–water partition coefficient (Wildman–Crippen LogP) is 2.61. The molecule has 3 aliphatic carbocycles. The molecule has 2 unspecified atom stereocenters. The van der Waals surface area contributed by atoms with Crippen molar-refractivity contribution in [3.63, 3.8) is 0 Å². The van der Waals surface area contributed by atoms with Crippen LogP contribution >= 0.6 is 0 Å². The van der Waals surface area contributed by atoms with E-state index in [-0.39, 0.29) is 0 Å². The van der Waals surface area contributed by atoms with Gasteiger partial charge in [-0.25, -0.2) is 0 Å². The third-order valence-corrected chi connectivity index (χ3v) is 3.88. The molecule has 54 valence electrons. The maximum absolute atomic E-state index is 2.49. The highest BCUT2D eigenvalue weighted by atomic mass is 14.5. The molecule has 0 spiro atoms. The van der Waals surface area contributed by atoms with E-state index in [0.717, 1.165) is 23.7 Å². The summed E-state index contributed by atoms with van der Waals surface area (Å²) < 4.78 is 0. The molecular weight excluding hydrogens is 120 g/mol. The fraction of sp³-hybridized carbons (Fsp3) is 0.800. The minimum Gasteiger partial charge on any atom is -0.0848 e. The van der Waals surface area contributed by atoms with Crippen molar-refractivity contribution < 1.29 is 0 Å². The molecule has 2 fully saturated rings. The summed E-state index contributed by atoms with van der Waals surface area (Å²) in [6.45, 7) is 0. The summed E-state index contributed by atoms with van der Waals surface area (Å²) in [4.78, 5) is 0. The quantitative estimate of drug-likeness (QED) is 0.447. The van der Waals surface area contributed by atoms with Crippen LogP contribution in [0.2, 0.25) is 0 Å². The first-order valence-electron chi connectivity index (χ1n) is 4.63. The first-order valence-corrected chi connectivity index (χ1v) is 4.63. The van der Waals surface area contributed by atoms with Crippen LogP contribution in [0.1, 0.15) is 25.7 Å². The highest BCUT2D eigenvalue weighted by molar-refractivity contribution is 5.13. The van der Waals surface area contributed by atoms with E-state index in [9.17, 15) is 0 Å². The van der Waals surface area contributed by atoms with E-state index in [1.807, 2.05) is 0 Å². The molecule has 0 saturated heterocycles. The Bertz CT molecular complexity index is 162. The van der Waals surface area contributed by atoms with Crippen LogP contribution in [0, 0.1) is 23.7 Å². The van der Waals surface area contributed by atoms with Crippen LogP contribution in [0.15, 0.2) is 12.2 Å². The largest absolute Gasteiger partial charge is 0.0848 e. The SMILES string of the molecule is C1=C[C@H]2CCC3CC[C@@H]1C32. The lowest BCUT2D eigenvalue weighted by Gasteiger charge is -2.13. The molecular formula is C10H14. The van der Waals surface area contributed by atoms with Gasteiger partial charge < -0.3 is 0 Å². The average Bonchev–Trinajstić information content (AvgIpc) is 2.56. The van der Waals surface area contributed by atoms with Gasteiger partial charge in [-0.1, -0.05) is 12.2 Å². The molecule has 0 aromatic rings. The third kappa shape index (κ3) is 0.492. The van der Waals surface area contributed by atoms with Crippen LogP contribution in [0.4, 0.5) is 0 Å². The molecule has 0 aliphatic heterocycles. The van der Waals surface area contributed by atoms with Crippen LogP contribution in [0.5, 0.6) is 0 Å². The van der Waals surface area contributed by atoms with Gasteiger partial charge in [0.25, 0.3) is 0 Å². The van der Waals surface area contributed by atoms with Gasteiger partial charge in [-0.05, 0) is 49.4 Å². The highest BCUT2D eigenvalue weighted by Crippen LogP contribution is 2.54. The Hall–Kier alpha value is -0.260. The monoisotopic (exact) mass is 134 g/mol. The van der Waals surface area contributed by atoms with Crippen molar-refractivity contribution in [1.29, 1.82) is 0 Å². The number of hydrogen-bond donors (Lipinski definition) is 0. The second-order valence-electron chi connectivity index (χ2n) is 4.20. The highest BCUT2D eigenvalue weighted by Gasteiger charge is 2.45. The van der Waals surface area contributed by atoms with Gasteiger partial charge in [0.05, 0.1) is 0 Å². The molecule has 3 aliphatic rings. The summed E-state index contributed by atoms with van der Waals surface area (Å²) in [5.74, 6) is 4.26. The number of rotatable bonds is 0. The van der Waals surface area contributed by atoms with Crippen LogP contribution in [0.25, 0.3) is 0 Å². The maximum atomic E-state index is 2.49. The van der Waals surface area contributed by atoms with Crippen molar-refractivity contribution in [2.24, 2.45) is 23.7 Å². The smallest absolute Gasteiger partial charge is 0.0197 e. The normalized spacial score (nSPS) is 56.0. The van der Waals surface area contributed by atoms with Crippen molar-refractivity contribution in [3.05, 3.63) is 12.2 Å². The summed E-state index contributed by atoms with van der Waals surface area (Å²) in [5, 5.41) is 0. The van der Waals surface area contributed by atoms with Crippen LogP contribution < -0.4 is 0 Å². The molecule has 0 heteroatoms. The van der Waals surface area contributed by atoms with Gasteiger partial charge in [0, 0.05) is 0 Å². The summed E-state index contributed by atoms with van der Waals surface area (Å²) in [6, 6.07) is 0. The van der Waals surface area contributed by atoms with E-state index in [4.69, 9.17) is 0 Å². The molecule has 0 aromatic carbocycles. The molecule has 4 atom stereocenters. The van der Waals surface area contributed by atoms with E-state index < -0.39 is 0 Å². The molecule has 3 rings (SSSR count). The summed E-state index contributed by atoms with van der Waals surface area (Å²) in [5.41, 5.74) is 0. The van der Waals surface area contributed by atoms with Crippen molar-refractivity contribution in [2.45, 2.75) is 25.7 Å². The van der Waals surface area contributed by atoms with Crippen molar-refractivity contribution in [2.75, 3.05) is 0 Å². The molecule has 0 amide bonds. The minimum absolute atomic E-state index is 1.01. The van der Waals surface area contributed by atoms with E-state index in [0.29, 0.717) is 0 Å². The van der Waals surface area contributed by atoms with Crippen molar-refractivity contribution in [1.82, 2.24) is 0 Å². The summed E-state index contributed by atoms with van der Waals surface area (Å²) in [6.07, 6.45) is 11.1. The Labute approximate surface area is 62.3 Å². The fourth-order valence-corrected chi connectivity index (χ4v) is 3.48. The Morgan fingerprint density at radius 1 is 0.800 bits per heavy atom. The predicted molar refractivity (Wildman–Crippen MR) is 41.6 cm³/mol. The van der Waals surface area contributed by atoms with E-state index in [1.54, 1.807) is 0 Å². The summed E-state index contributed by atoms with van der Waals surface area (Å²) in [7, 11) is 0. The van der Waals surface area contributed by atoms with Gasteiger partial charge >= 0.3 is 0 Å². The van der Waals surface area contributed by atoms with Crippen molar-refractivity contribution >= 4 is 0 Å². The first-order chi connectivity index (χ1) is 4.95. The van der Waals surface area contributed by atoms with Gasteiger partial charge in [0.1, 0.15) is 0 Å². The van der Waals surface area contributed by atoms with Crippen LogP contribution in [-0.4, -0.2) is 0 Å².